The molecule has 0 spiro atoms. The van der Waals surface area contributed by atoms with Gasteiger partial charge in [0.1, 0.15) is 5.76 Å². The van der Waals surface area contributed by atoms with Gasteiger partial charge in [0.25, 0.3) is 17.4 Å². The molecule has 0 saturated carbocycles. The number of anilines is 1. The number of carbonyl (C=O) groups excluding carboxylic acids is 2. The Morgan fingerprint density at radius 2 is 1.61 bits per heavy atom. The van der Waals surface area contributed by atoms with Crippen LogP contribution in [0.25, 0.3) is 5.76 Å². The van der Waals surface area contributed by atoms with Crippen molar-refractivity contribution >= 4 is 44.8 Å². The zero-order chi connectivity index (χ0) is 22.1. The zero-order valence-electron chi connectivity index (χ0n) is 15.8. The SMILES string of the molecule is O=C1C(=O)N(c2ccc(Br)cc2)C(c2ccncc2)/C1=C(/O)c1ccc([N+](=O)[O-])cc1. The number of hydrogen-bond donors (Lipinski definition) is 1. The monoisotopic (exact) mass is 479 g/mol. The highest BCUT2D eigenvalue weighted by atomic mass is 79.9. The van der Waals surface area contributed by atoms with E-state index in [1.165, 1.54) is 41.6 Å². The van der Waals surface area contributed by atoms with E-state index < -0.39 is 28.4 Å². The molecule has 31 heavy (non-hydrogen) atoms. The van der Waals surface area contributed by atoms with Crippen molar-refractivity contribution in [1.82, 2.24) is 4.98 Å². The van der Waals surface area contributed by atoms with Gasteiger partial charge in [-0.05, 0) is 54.1 Å². The van der Waals surface area contributed by atoms with E-state index in [1.54, 1.807) is 36.4 Å². The molecule has 4 rings (SSSR count). The Balaban J connectivity index is 1.90. The lowest BCUT2D eigenvalue weighted by atomic mass is 9.95. The Morgan fingerprint density at radius 3 is 2.19 bits per heavy atom. The van der Waals surface area contributed by atoms with E-state index in [4.69, 9.17) is 0 Å². The molecule has 9 heteroatoms. The van der Waals surface area contributed by atoms with Gasteiger partial charge >= 0.3 is 0 Å². The largest absolute Gasteiger partial charge is 0.507 e. The Bertz CT molecular complexity index is 1210. The second kappa shape index (κ2) is 8.11. The van der Waals surface area contributed by atoms with Crippen molar-refractivity contribution in [2.45, 2.75) is 6.04 Å². The van der Waals surface area contributed by atoms with Crippen molar-refractivity contribution in [3.8, 4) is 0 Å². The van der Waals surface area contributed by atoms with Gasteiger partial charge in [-0.1, -0.05) is 15.9 Å². The molecule has 2 heterocycles. The van der Waals surface area contributed by atoms with Crippen LogP contribution in [0.5, 0.6) is 0 Å². The molecular formula is C22H14BrN3O5. The van der Waals surface area contributed by atoms with Crippen LogP contribution < -0.4 is 4.90 Å². The van der Waals surface area contributed by atoms with Crippen molar-refractivity contribution in [2.75, 3.05) is 4.90 Å². The summed E-state index contributed by atoms with van der Waals surface area (Å²) in [5, 5.41) is 21.9. The molecule has 0 bridgehead atoms. The summed E-state index contributed by atoms with van der Waals surface area (Å²) in [6.07, 6.45) is 3.06. The van der Waals surface area contributed by atoms with Crippen LogP contribution in [0.3, 0.4) is 0 Å². The summed E-state index contributed by atoms with van der Waals surface area (Å²) in [4.78, 5) is 41.6. The minimum absolute atomic E-state index is 0.104. The van der Waals surface area contributed by atoms with Gasteiger partial charge in [0.2, 0.25) is 0 Å². The average Bonchev–Trinajstić information content (AvgIpc) is 3.05. The molecule has 1 unspecified atom stereocenters. The molecule has 154 valence electrons. The molecule has 2 aromatic carbocycles. The van der Waals surface area contributed by atoms with Crippen LogP contribution in [-0.4, -0.2) is 26.7 Å². The van der Waals surface area contributed by atoms with E-state index >= 15 is 0 Å². The Kier molecular flexibility index (Phi) is 5.35. The minimum Gasteiger partial charge on any atom is -0.507 e. The number of Topliss-reactive ketones (excluding diaryl/α,β-unsaturated/α-hetero) is 1. The first-order valence-corrected chi connectivity index (χ1v) is 9.89. The quantitative estimate of drug-likeness (QED) is 0.195. The molecule has 1 fully saturated rings. The number of nitrogens with zero attached hydrogens (tertiary/aromatic N) is 3. The van der Waals surface area contributed by atoms with Crippen LogP contribution in [0.2, 0.25) is 0 Å². The van der Waals surface area contributed by atoms with Crippen molar-refractivity contribution in [2.24, 2.45) is 0 Å². The van der Waals surface area contributed by atoms with E-state index in [0.717, 1.165) is 4.47 Å². The summed E-state index contributed by atoms with van der Waals surface area (Å²) in [6, 6.07) is 14.4. The fourth-order valence-electron chi connectivity index (χ4n) is 3.46. The second-order valence-corrected chi connectivity index (χ2v) is 7.65. The summed E-state index contributed by atoms with van der Waals surface area (Å²) in [5.74, 6) is -2.04. The number of carbonyl (C=O) groups is 2. The topological polar surface area (TPSA) is 114 Å². The average molecular weight is 480 g/mol. The molecule has 8 nitrogen and oxygen atoms in total. The van der Waals surface area contributed by atoms with E-state index in [9.17, 15) is 24.8 Å². The highest BCUT2D eigenvalue weighted by Gasteiger charge is 2.46. The van der Waals surface area contributed by atoms with Gasteiger partial charge < -0.3 is 5.11 Å². The van der Waals surface area contributed by atoms with Gasteiger partial charge in [0.05, 0.1) is 16.5 Å². The first kappa shape index (κ1) is 20.4. The predicted molar refractivity (Wildman–Crippen MR) is 116 cm³/mol. The molecule has 1 aliphatic heterocycles. The Labute approximate surface area is 184 Å². The number of nitro benzene ring substituents is 1. The number of halogens is 1. The zero-order valence-corrected chi connectivity index (χ0v) is 17.4. The van der Waals surface area contributed by atoms with Gasteiger partial charge in [0, 0.05) is 40.2 Å². The van der Waals surface area contributed by atoms with Crippen LogP contribution in [-0.2, 0) is 9.59 Å². The number of hydrogen-bond acceptors (Lipinski definition) is 6. The van der Waals surface area contributed by atoms with E-state index in [-0.39, 0.29) is 16.8 Å². The molecule has 0 aliphatic carbocycles. The fraction of sp³-hybridized carbons (Fsp3) is 0.0455. The standard InChI is InChI=1S/C22H14BrN3O5/c23-15-3-7-16(8-4-15)25-19(13-9-11-24-12-10-13)18(21(28)22(25)29)20(27)14-1-5-17(6-2-14)26(30)31/h1-12,19,27H/b20-18-. The number of pyridine rings is 1. The maximum Gasteiger partial charge on any atom is 0.300 e. The van der Waals surface area contributed by atoms with Gasteiger partial charge in [-0.25, -0.2) is 0 Å². The summed E-state index contributed by atoms with van der Waals surface area (Å²) in [6.45, 7) is 0. The summed E-state index contributed by atoms with van der Waals surface area (Å²) >= 11 is 3.35. The third-order valence-electron chi connectivity index (χ3n) is 4.92. The highest BCUT2D eigenvalue weighted by Crippen LogP contribution is 2.42. The molecule has 0 radical (unpaired) electrons. The molecule has 1 saturated heterocycles. The van der Waals surface area contributed by atoms with Gasteiger partial charge in [-0.15, -0.1) is 0 Å². The predicted octanol–water partition coefficient (Wildman–Crippen LogP) is 4.38. The molecule has 1 amide bonds. The lowest BCUT2D eigenvalue weighted by Gasteiger charge is -2.25. The molecule has 1 N–H and O–H groups in total. The number of non-ortho nitro benzene ring substituents is 1. The van der Waals surface area contributed by atoms with Crippen molar-refractivity contribution in [3.63, 3.8) is 0 Å². The molecule has 3 aromatic rings. The third kappa shape index (κ3) is 3.71. The number of rotatable bonds is 4. The maximum atomic E-state index is 13.0. The van der Waals surface area contributed by atoms with Crippen molar-refractivity contribution < 1.29 is 19.6 Å². The molecule has 1 aromatic heterocycles. The smallest absolute Gasteiger partial charge is 0.300 e. The van der Waals surface area contributed by atoms with E-state index in [1.807, 2.05) is 0 Å². The Morgan fingerprint density at radius 1 is 1.00 bits per heavy atom. The van der Waals surface area contributed by atoms with E-state index in [0.29, 0.717) is 11.3 Å². The number of aliphatic hydroxyl groups is 1. The molecule has 1 aliphatic rings. The van der Waals surface area contributed by atoms with Crippen LogP contribution >= 0.6 is 15.9 Å². The number of aliphatic hydroxyl groups excluding tert-OH is 1. The lowest BCUT2D eigenvalue weighted by molar-refractivity contribution is -0.384. The fourth-order valence-corrected chi connectivity index (χ4v) is 3.72. The Hall–Kier alpha value is -3.85. The number of nitro groups is 1. The normalized spacial score (nSPS) is 17.7. The summed E-state index contributed by atoms with van der Waals surface area (Å²) < 4.78 is 0.805. The molecule has 1 atom stereocenters. The number of ketones is 1. The maximum absolute atomic E-state index is 13.0. The van der Waals surface area contributed by atoms with Crippen LogP contribution in [0.15, 0.2) is 83.1 Å². The van der Waals surface area contributed by atoms with Gasteiger partial charge in [0.15, 0.2) is 0 Å². The minimum atomic E-state index is -0.889. The third-order valence-corrected chi connectivity index (χ3v) is 5.45. The van der Waals surface area contributed by atoms with Gasteiger partial charge in [-0.2, -0.15) is 0 Å². The van der Waals surface area contributed by atoms with E-state index in [2.05, 4.69) is 20.9 Å². The first-order valence-electron chi connectivity index (χ1n) is 9.10. The summed E-state index contributed by atoms with van der Waals surface area (Å²) in [5.41, 5.74) is 0.999. The van der Waals surface area contributed by atoms with Crippen molar-refractivity contribution in [1.29, 1.82) is 0 Å². The molecular weight excluding hydrogens is 466 g/mol. The summed E-state index contributed by atoms with van der Waals surface area (Å²) in [7, 11) is 0. The second-order valence-electron chi connectivity index (χ2n) is 6.73. The van der Waals surface area contributed by atoms with Crippen LogP contribution in [0.1, 0.15) is 17.2 Å². The van der Waals surface area contributed by atoms with Crippen LogP contribution in [0, 0.1) is 10.1 Å². The number of aromatic nitrogens is 1. The van der Waals surface area contributed by atoms with Gasteiger partial charge in [-0.3, -0.25) is 29.6 Å². The number of benzene rings is 2. The lowest BCUT2D eigenvalue weighted by Crippen LogP contribution is -2.29. The van der Waals surface area contributed by atoms with Crippen molar-refractivity contribution in [3.05, 3.63) is 104 Å². The van der Waals surface area contributed by atoms with Crippen LogP contribution in [0.4, 0.5) is 11.4 Å². The first-order chi connectivity index (χ1) is 14.9. The highest BCUT2D eigenvalue weighted by molar-refractivity contribution is 9.10. The number of amides is 1.